The second-order valence-electron chi connectivity index (χ2n) is 5.36. The zero-order chi connectivity index (χ0) is 14.4. The van der Waals surface area contributed by atoms with Crippen LogP contribution in [-0.2, 0) is 14.3 Å². The quantitative estimate of drug-likeness (QED) is 0.799. The van der Waals surface area contributed by atoms with E-state index in [0.29, 0.717) is 19.1 Å². The first-order valence-corrected chi connectivity index (χ1v) is 7.07. The summed E-state index contributed by atoms with van der Waals surface area (Å²) in [6.45, 7) is 6.97. The van der Waals surface area contributed by atoms with Gasteiger partial charge in [-0.3, -0.25) is 9.59 Å². The van der Waals surface area contributed by atoms with Gasteiger partial charge in [0.15, 0.2) is 0 Å². The van der Waals surface area contributed by atoms with Gasteiger partial charge in [-0.15, -0.1) is 0 Å². The molecule has 1 fully saturated rings. The molecule has 1 amide bonds. The predicted molar refractivity (Wildman–Crippen MR) is 71.8 cm³/mol. The molecule has 0 aromatic carbocycles. The van der Waals surface area contributed by atoms with Gasteiger partial charge in [0.05, 0.1) is 0 Å². The molecule has 0 aliphatic carbocycles. The Bertz CT molecular complexity index is 313. The highest BCUT2D eigenvalue weighted by atomic mass is 16.5. The van der Waals surface area contributed by atoms with Crippen LogP contribution in [0, 0.1) is 11.8 Å². The molecule has 1 aliphatic heterocycles. The van der Waals surface area contributed by atoms with Crippen molar-refractivity contribution in [1.82, 2.24) is 4.90 Å². The van der Waals surface area contributed by atoms with Gasteiger partial charge in [0, 0.05) is 25.2 Å². The monoisotopic (exact) mass is 271 g/mol. The standard InChI is InChI=1S/C14H25NO4/c1-4-10(2)15(9-13(16)17)14(18)11(3)12-5-7-19-8-6-12/h10-12H,4-9H2,1-3H3,(H,16,17). The van der Waals surface area contributed by atoms with Crippen LogP contribution in [0.3, 0.4) is 0 Å². The SMILES string of the molecule is CCC(C)N(CC(=O)O)C(=O)C(C)C1CCOCC1. The topological polar surface area (TPSA) is 66.8 Å². The van der Waals surface area contributed by atoms with Crippen LogP contribution < -0.4 is 0 Å². The molecule has 1 rings (SSSR count). The van der Waals surface area contributed by atoms with Crippen molar-refractivity contribution in [3.63, 3.8) is 0 Å². The van der Waals surface area contributed by atoms with E-state index in [0.717, 1.165) is 19.3 Å². The van der Waals surface area contributed by atoms with E-state index in [2.05, 4.69) is 0 Å². The summed E-state index contributed by atoms with van der Waals surface area (Å²) in [6.07, 6.45) is 2.53. The highest BCUT2D eigenvalue weighted by molar-refractivity contribution is 5.83. The van der Waals surface area contributed by atoms with E-state index in [9.17, 15) is 9.59 Å². The minimum absolute atomic E-state index is 0.0362. The van der Waals surface area contributed by atoms with Gasteiger partial charge < -0.3 is 14.7 Å². The van der Waals surface area contributed by atoms with E-state index in [1.807, 2.05) is 20.8 Å². The molecule has 0 spiro atoms. The summed E-state index contributed by atoms with van der Waals surface area (Å²) in [5.41, 5.74) is 0. The fourth-order valence-corrected chi connectivity index (χ4v) is 2.50. The van der Waals surface area contributed by atoms with Crippen LogP contribution in [0.15, 0.2) is 0 Å². The lowest BCUT2D eigenvalue weighted by molar-refractivity contribution is -0.149. The van der Waals surface area contributed by atoms with Crippen LogP contribution in [0.5, 0.6) is 0 Å². The molecule has 1 N–H and O–H groups in total. The molecule has 1 heterocycles. The molecule has 1 saturated heterocycles. The molecular weight excluding hydrogens is 246 g/mol. The van der Waals surface area contributed by atoms with Crippen LogP contribution in [0.2, 0.25) is 0 Å². The second kappa shape index (κ2) is 7.48. The molecule has 19 heavy (non-hydrogen) atoms. The fourth-order valence-electron chi connectivity index (χ4n) is 2.50. The van der Waals surface area contributed by atoms with Gasteiger partial charge in [0.2, 0.25) is 5.91 Å². The molecule has 0 aromatic rings. The number of carboxylic acids is 1. The molecular formula is C14H25NO4. The number of amides is 1. The van der Waals surface area contributed by atoms with Crippen LogP contribution in [0.25, 0.3) is 0 Å². The summed E-state index contributed by atoms with van der Waals surface area (Å²) in [7, 11) is 0. The van der Waals surface area contributed by atoms with E-state index in [1.165, 1.54) is 4.90 Å². The van der Waals surface area contributed by atoms with Gasteiger partial charge in [-0.2, -0.15) is 0 Å². The number of rotatable bonds is 6. The fraction of sp³-hybridized carbons (Fsp3) is 0.857. The number of aliphatic carboxylic acids is 1. The molecule has 5 heteroatoms. The Balaban J connectivity index is 2.70. The number of nitrogens with zero attached hydrogens (tertiary/aromatic N) is 1. The van der Waals surface area contributed by atoms with Gasteiger partial charge in [-0.05, 0) is 32.1 Å². The first-order valence-electron chi connectivity index (χ1n) is 7.07. The number of carbonyl (C=O) groups is 2. The smallest absolute Gasteiger partial charge is 0.323 e. The van der Waals surface area contributed by atoms with Crippen LogP contribution >= 0.6 is 0 Å². The van der Waals surface area contributed by atoms with Crippen molar-refractivity contribution in [1.29, 1.82) is 0 Å². The van der Waals surface area contributed by atoms with Crippen LogP contribution in [0.4, 0.5) is 0 Å². The number of ether oxygens (including phenoxy) is 1. The van der Waals surface area contributed by atoms with E-state index in [4.69, 9.17) is 9.84 Å². The summed E-state index contributed by atoms with van der Waals surface area (Å²) in [4.78, 5) is 24.9. The highest BCUT2D eigenvalue weighted by Crippen LogP contribution is 2.26. The Labute approximate surface area is 114 Å². The maximum atomic E-state index is 12.5. The number of carbonyl (C=O) groups excluding carboxylic acids is 1. The average Bonchev–Trinajstić information content (AvgIpc) is 2.43. The summed E-state index contributed by atoms with van der Waals surface area (Å²) in [5, 5.41) is 8.96. The Hall–Kier alpha value is -1.10. The normalized spacial score (nSPS) is 19.7. The van der Waals surface area contributed by atoms with Crippen molar-refractivity contribution in [2.24, 2.45) is 11.8 Å². The first-order chi connectivity index (χ1) is 8.97. The van der Waals surface area contributed by atoms with Crippen molar-refractivity contribution < 1.29 is 19.4 Å². The van der Waals surface area contributed by atoms with Gasteiger partial charge in [0.25, 0.3) is 0 Å². The largest absolute Gasteiger partial charge is 0.480 e. The Morgan fingerprint density at radius 3 is 2.37 bits per heavy atom. The minimum Gasteiger partial charge on any atom is -0.480 e. The third-order valence-electron chi connectivity index (χ3n) is 4.07. The Morgan fingerprint density at radius 1 is 1.32 bits per heavy atom. The molecule has 5 nitrogen and oxygen atoms in total. The van der Waals surface area contributed by atoms with E-state index >= 15 is 0 Å². The number of hydrogen-bond acceptors (Lipinski definition) is 3. The highest BCUT2D eigenvalue weighted by Gasteiger charge is 2.31. The van der Waals surface area contributed by atoms with Crippen LogP contribution in [-0.4, -0.2) is 47.7 Å². The molecule has 0 aromatic heterocycles. The first kappa shape index (κ1) is 16.0. The van der Waals surface area contributed by atoms with Gasteiger partial charge in [-0.1, -0.05) is 13.8 Å². The van der Waals surface area contributed by atoms with Crippen molar-refractivity contribution in [2.45, 2.75) is 46.1 Å². The van der Waals surface area contributed by atoms with Gasteiger partial charge >= 0.3 is 5.97 Å². The lowest BCUT2D eigenvalue weighted by Gasteiger charge is -2.34. The Morgan fingerprint density at radius 2 is 1.89 bits per heavy atom. The van der Waals surface area contributed by atoms with Gasteiger partial charge in [-0.25, -0.2) is 0 Å². The maximum Gasteiger partial charge on any atom is 0.323 e. The van der Waals surface area contributed by atoms with Gasteiger partial charge in [0.1, 0.15) is 6.54 Å². The lowest BCUT2D eigenvalue weighted by atomic mass is 9.86. The Kier molecular flexibility index (Phi) is 6.28. The van der Waals surface area contributed by atoms with E-state index in [-0.39, 0.29) is 24.4 Å². The summed E-state index contributed by atoms with van der Waals surface area (Å²) in [5.74, 6) is -0.810. The van der Waals surface area contributed by atoms with Crippen molar-refractivity contribution in [2.75, 3.05) is 19.8 Å². The van der Waals surface area contributed by atoms with Crippen molar-refractivity contribution in [3.05, 3.63) is 0 Å². The van der Waals surface area contributed by atoms with Crippen LogP contribution in [0.1, 0.15) is 40.0 Å². The molecule has 110 valence electrons. The van der Waals surface area contributed by atoms with Crippen molar-refractivity contribution >= 4 is 11.9 Å². The predicted octanol–water partition coefficient (Wildman–Crippen LogP) is 1.76. The summed E-state index contributed by atoms with van der Waals surface area (Å²) in [6, 6.07) is -0.0362. The summed E-state index contributed by atoms with van der Waals surface area (Å²) >= 11 is 0. The maximum absolute atomic E-state index is 12.5. The van der Waals surface area contributed by atoms with Crippen molar-refractivity contribution in [3.8, 4) is 0 Å². The third-order valence-corrected chi connectivity index (χ3v) is 4.07. The lowest BCUT2D eigenvalue weighted by Crippen LogP contribution is -2.46. The molecule has 0 saturated carbocycles. The third kappa shape index (κ3) is 4.49. The number of hydrogen-bond donors (Lipinski definition) is 1. The number of carboxylic acid groups (broad SMARTS) is 1. The average molecular weight is 271 g/mol. The zero-order valence-corrected chi connectivity index (χ0v) is 12.1. The molecule has 0 radical (unpaired) electrons. The molecule has 2 atom stereocenters. The zero-order valence-electron chi connectivity index (χ0n) is 12.1. The van der Waals surface area contributed by atoms with E-state index in [1.54, 1.807) is 0 Å². The minimum atomic E-state index is -0.951. The molecule has 1 aliphatic rings. The van der Waals surface area contributed by atoms with E-state index < -0.39 is 5.97 Å². The molecule has 0 bridgehead atoms. The summed E-state index contributed by atoms with van der Waals surface area (Å²) < 4.78 is 5.30. The second-order valence-corrected chi connectivity index (χ2v) is 5.36. The molecule has 2 unspecified atom stereocenters.